The Morgan fingerprint density at radius 1 is 1.04 bits per heavy atom. The Bertz CT molecular complexity index is 368. The van der Waals surface area contributed by atoms with Gasteiger partial charge in [-0.3, -0.25) is 9.69 Å². The summed E-state index contributed by atoms with van der Waals surface area (Å²) >= 11 is 1.77. The van der Waals surface area contributed by atoms with Crippen LogP contribution in [0.4, 0.5) is 0 Å². The van der Waals surface area contributed by atoms with Crippen LogP contribution in [-0.4, -0.2) is 90.5 Å². The number of morpholine rings is 1. The fourth-order valence-electron chi connectivity index (χ4n) is 2.84. The predicted molar refractivity (Wildman–Crippen MR) is 110 cm³/mol. The van der Waals surface area contributed by atoms with Crippen LogP contribution in [0.15, 0.2) is 0 Å². The number of carbonyl (C=O) groups excluding carboxylic acids is 1. The van der Waals surface area contributed by atoms with E-state index in [-0.39, 0.29) is 5.97 Å². The number of rotatable bonds is 16. The Kier molecular flexibility index (Phi) is 14.5. The van der Waals surface area contributed by atoms with E-state index in [1.165, 1.54) is 0 Å². The van der Waals surface area contributed by atoms with E-state index in [2.05, 4.69) is 4.90 Å². The number of nitrogens with zero attached hydrogens (tertiary/aromatic N) is 1. The van der Waals surface area contributed by atoms with Crippen LogP contribution in [0.2, 0.25) is 6.04 Å². The topological polar surface area (TPSA) is 66.5 Å². The van der Waals surface area contributed by atoms with Gasteiger partial charge in [0, 0.05) is 51.3 Å². The van der Waals surface area contributed by atoms with Crippen LogP contribution in [0.25, 0.3) is 0 Å². The van der Waals surface area contributed by atoms with Crippen LogP contribution in [-0.2, 0) is 27.5 Å². The standard InChI is InChI=1S/C18H37NO6SSi/c1-4-23-27(24-5-2,25-6-3)17-7-15-26-16-8-18(20)22-14-11-19-9-12-21-13-10-19/h4-17H2,1-3H3. The molecule has 160 valence electrons. The molecular formula is C18H37NO6SSi. The second-order valence-corrected chi connectivity index (χ2v) is 10.1. The van der Waals surface area contributed by atoms with Crippen LogP contribution in [0, 0.1) is 0 Å². The molecule has 0 amide bonds. The molecule has 0 aromatic heterocycles. The van der Waals surface area contributed by atoms with Crippen molar-refractivity contribution in [1.82, 2.24) is 4.90 Å². The third kappa shape index (κ3) is 11.4. The van der Waals surface area contributed by atoms with Crippen LogP contribution >= 0.6 is 11.8 Å². The summed E-state index contributed by atoms with van der Waals surface area (Å²) in [5.41, 5.74) is 0. The zero-order valence-electron chi connectivity index (χ0n) is 17.2. The van der Waals surface area contributed by atoms with Gasteiger partial charge in [0.25, 0.3) is 0 Å². The highest BCUT2D eigenvalue weighted by molar-refractivity contribution is 7.99. The smallest absolute Gasteiger partial charge is 0.464 e. The molecule has 0 unspecified atom stereocenters. The molecule has 0 saturated carbocycles. The summed E-state index contributed by atoms with van der Waals surface area (Å²) < 4.78 is 28.2. The summed E-state index contributed by atoms with van der Waals surface area (Å²) in [6.07, 6.45) is 1.42. The second kappa shape index (κ2) is 15.7. The van der Waals surface area contributed by atoms with E-state index in [4.69, 9.17) is 22.8 Å². The third-order valence-corrected chi connectivity index (χ3v) is 8.31. The van der Waals surface area contributed by atoms with Crippen molar-refractivity contribution >= 4 is 26.5 Å². The molecule has 0 spiro atoms. The fraction of sp³-hybridized carbons (Fsp3) is 0.944. The molecule has 0 radical (unpaired) electrons. The number of thioether (sulfide) groups is 1. The summed E-state index contributed by atoms with van der Waals surface area (Å²) in [5.74, 6) is 1.63. The maximum atomic E-state index is 11.8. The lowest BCUT2D eigenvalue weighted by molar-refractivity contribution is -0.143. The van der Waals surface area contributed by atoms with Crippen molar-refractivity contribution in [2.45, 2.75) is 39.7 Å². The summed E-state index contributed by atoms with van der Waals surface area (Å²) in [7, 11) is -2.53. The first kappa shape index (κ1) is 24.9. The van der Waals surface area contributed by atoms with Gasteiger partial charge >= 0.3 is 14.8 Å². The van der Waals surface area contributed by atoms with Crippen LogP contribution in [0.1, 0.15) is 33.6 Å². The van der Waals surface area contributed by atoms with Crippen molar-refractivity contribution in [1.29, 1.82) is 0 Å². The fourth-order valence-corrected chi connectivity index (χ4v) is 6.57. The van der Waals surface area contributed by atoms with Gasteiger partial charge in [-0.2, -0.15) is 11.8 Å². The van der Waals surface area contributed by atoms with Gasteiger partial charge in [0.15, 0.2) is 0 Å². The number of hydrogen-bond acceptors (Lipinski definition) is 8. The molecule has 1 rings (SSSR count). The second-order valence-electron chi connectivity index (χ2n) is 6.12. The Labute approximate surface area is 169 Å². The first-order valence-corrected chi connectivity index (χ1v) is 13.2. The molecule has 0 aliphatic carbocycles. The highest BCUT2D eigenvalue weighted by Crippen LogP contribution is 2.20. The van der Waals surface area contributed by atoms with Crippen molar-refractivity contribution < 1.29 is 27.5 Å². The minimum absolute atomic E-state index is 0.113. The number of ether oxygens (including phenoxy) is 2. The number of esters is 1. The van der Waals surface area contributed by atoms with Crippen molar-refractivity contribution in [2.75, 3.05) is 70.8 Å². The Balaban J connectivity index is 2.07. The van der Waals surface area contributed by atoms with Gasteiger partial charge in [-0.1, -0.05) is 0 Å². The molecule has 1 fully saturated rings. The Hall–Kier alpha value is -0.163. The minimum atomic E-state index is -2.53. The predicted octanol–water partition coefficient (Wildman–Crippen LogP) is 2.42. The van der Waals surface area contributed by atoms with E-state index in [1.807, 2.05) is 20.8 Å². The van der Waals surface area contributed by atoms with E-state index in [0.717, 1.165) is 56.8 Å². The van der Waals surface area contributed by atoms with Gasteiger partial charge in [-0.25, -0.2) is 0 Å². The van der Waals surface area contributed by atoms with Gasteiger partial charge in [0.2, 0.25) is 0 Å². The molecular weight excluding hydrogens is 386 g/mol. The van der Waals surface area contributed by atoms with Crippen molar-refractivity contribution in [3.8, 4) is 0 Å². The van der Waals surface area contributed by atoms with E-state index in [9.17, 15) is 4.79 Å². The summed E-state index contributed by atoms with van der Waals surface area (Å²) in [6, 6.07) is 0.819. The van der Waals surface area contributed by atoms with E-state index in [1.54, 1.807) is 11.8 Å². The SMILES string of the molecule is CCO[Si](CCCSCCC(=O)OCCN1CCOCC1)(OCC)OCC. The first-order chi connectivity index (χ1) is 13.2. The molecule has 1 heterocycles. The molecule has 0 bridgehead atoms. The van der Waals surface area contributed by atoms with Gasteiger partial charge in [-0.15, -0.1) is 0 Å². The minimum Gasteiger partial charge on any atom is -0.464 e. The zero-order chi connectivity index (χ0) is 19.8. The summed E-state index contributed by atoms with van der Waals surface area (Å²) in [4.78, 5) is 14.1. The summed E-state index contributed by atoms with van der Waals surface area (Å²) in [6.45, 7) is 12.4. The highest BCUT2D eigenvalue weighted by atomic mass is 32.2. The van der Waals surface area contributed by atoms with Gasteiger partial charge in [0.05, 0.1) is 19.6 Å². The molecule has 1 aliphatic rings. The third-order valence-electron chi connectivity index (χ3n) is 4.09. The van der Waals surface area contributed by atoms with Gasteiger partial charge < -0.3 is 22.8 Å². The molecule has 9 heteroatoms. The van der Waals surface area contributed by atoms with Crippen molar-refractivity contribution in [3.05, 3.63) is 0 Å². The zero-order valence-corrected chi connectivity index (χ0v) is 19.0. The maximum absolute atomic E-state index is 11.8. The lowest BCUT2D eigenvalue weighted by Crippen LogP contribution is -2.46. The molecule has 1 saturated heterocycles. The molecule has 27 heavy (non-hydrogen) atoms. The molecule has 0 aromatic rings. The van der Waals surface area contributed by atoms with Crippen molar-refractivity contribution in [3.63, 3.8) is 0 Å². The largest absolute Gasteiger partial charge is 0.500 e. The van der Waals surface area contributed by atoms with E-state index < -0.39 is 8.80 Å². The maximum Gasteiger partial charge on any atom is 0.500 e. The number of carbonyl (C=O) groups is 1. The Morgan fingerprint density at radius 2 is 1.67 bits per heavy atom. The van der Waals surface area contributed by atoms with Crippen LogP contribution in [0.3, 0.4) is 0 Å². The first-order valence-electron chi connectivity index (χ1n) is 10.1. The average Bonchev–Trinajstić information content (AvgIpc) is 2.66. The lowest BCUT2D eigenvalue weighted by atomic mass is 10.4. The Morgan fingerprint density at radius 3 is 2.26 bits per heavy atom. The van der Waals surface area contributed by atoms with E-state index >= 15 is 0 Å². The summed E-state index contributed by atoms with van der Waals surface area (Å²) in [5, 5.41) is 0. The van der Waals surface area contributed by atoms with Crippen LogP contribution < -0.4 is 0 Å². The highest BCUT2D eigenvalue weighted by Gasteiger charge is 2.39. The number of hydrogen-bond donors (Lipinski definition) is 0. The van der Waals surface area contributed by atoms with Crippen molar-refractivity contribution in [2.24, 2.45) is 0 Å². The average molecular weight is 424 g/mol. The molecule has 1 aliphatic heterocycles. The molecule has 0 atom stereocenters. The van der Waals surface area contributed by atoms with Crippen LogP contribution in [0.5, 0.6) is 0 Å². The van der Waals surface area contributed by atoms with Gasteiger partial charge in [-0.05, 0) is 32.9 Å². The monoisotopic (exact) mass is 423 g/mol. The van der Waals surface area contributed by atoms with E-state index in [0.29, 0.717) is 32.8 Å². The lowest BCUT2D eigenvalue weighted by Gasteiger charge is -2.28. The molecule has 7 nitrogen and oxygen atoms in total. The normalized spacial score (nSPS) is 15.8. The molecule has 0 aromatic carbocycles. The molecule has 0 N–H and O–H groups in total. The van der Waals surface area contributed by atoms with Gasteiger partial charge in [0.1, 0.15) is 6.61 Å². The quantitative estimate of drug-likeness (QED) is 0.213.